The zero-order valence-corrected chi connectivity index (χ0v) is 24.9. The number of hydrogen-bond donors (Lipinski definition) is 3. The Hall–Kier alpha value is -2.11. The van der Waals surface area contributed by atoms with E-state index in [1.54, 1.807) is 31.4 Å². The third-order valence-corrected chi connectivity index (χ3v) is 11.0. The van der Waals surface area contributed by atoms with E-state index in [-0.39, 0.29) is 35.0 Å². The van der Waals surface area contributed by atoms with Crippen LogP contribution in [-0.4, -0.2) is 50.8 Å². The number of hydrogen-bond acceptors (Lipinski definition) is 7. The van der Waals surface area contributed by atoms with Crippen LogP contribution in [-0.2, 0) is 22.0 Å². The Morgan fingerprint density at radius 3 is 2.67 bits per heavy atom. The zero-order chi connectivity index (χ0) is 27.5. The van der Waals surface area contributed by atoms with Crippen LogP contribution in [0, 0.1) is 18.8 Å². The molecular weight excluding hydrogens is 582 g/mol. The molecule has 0 aromatic heterocycles. The lowest BCUT2D eigenvalue weighted by atomic mass is 9.60. The van der Waals surface area contributed by atoms with Crippen LogP contribution in [0.5, 0.6) is 11.5 Å². The number of methoxy groups -OCH3 is 1. The van der Waals surface area contributed by atoms with E-state index in [2.05, 4.69) is 44.1 Å². The number of hydrazine groups is 1. The van der Waals surface area contributed by atoms with E-state index in [0.717, 1.165) is 46.7 Å². The first-order valence-corrected chi connectivity index (χ1v) is 15.9. The first kappa shape index (κ1) is 27.1. The van der Waals surface area contributed by atoms with Gasteiger partial charge in [-0.2, -0.15) is 0 Å². The van der Waals surface area contributed by atoms with E-state index in [4.69, 9.17) is 9.47 Å². The first-order valence-electron chi connectivity index (χ1n) is 13.6. The number of allylic oxidation sites excluding steroid dienone is 1. The molecule has 2 aromatic rings. The number of rotatable bonds is 8. The van der Waals surface area contributed by atoms with Gasteiger partial charge in [0.05, 0.1) is 18.6 Å². The van der Waals surface area contributed by atoms with Gasteiger partial charge in [-0.05, 0) is 90.2 Å². The Morgan fingerprint density at radius 1 is 1.26 bits per heavy atom. The summed E-state index contributed by atoms with van der Waals surface area (Å²) in [5.74, 6) is 2.34. The van der Waals surface area contributed by atoms with E-state index in [1.165, 1.54) is 24.0 Å². The summed E-state index contributed by atoms with van der Waals surface area (Å²) in [6.45, 7) is 5.94. The summed E-state index contributed by atoms with van der Waals surface area (Å²) in [6, 6.07) is 8.89. The number of sulfonamides is 1. The number of aryl methyl sites for hydroxylation is 1. The maximum absolute atomic E-state index is 12.9. The standard InChI is InChI=1S/C29H36BrN3O5S/c1-17-4-8-23(9-5-17)39(35,36)32-31-21-10-18(2)29-13-22(16-34)33(14-19-6-7-19)15-20-11-24(37-3)27(30)28(26(20)29)38-25(29)12-21/h4-5,8-9,11-12,18-19,22,25,31-32,34H,6-7,10,13-16H2,1-3H3/t18-,22+,25-,29+/m1/s1. The van der Waals surface area contributed by atoms with Gasteiger partial charge in [0.1, 0.15) is 22.1 Å². The van der Waals surface area contributed by atoms with Crippen molar-refractivity contribution in [2.24, 2.45) is 11.8 Å². The van der Waals surface area contributed by atoms with Crippen molar-refractivity contribution in [2.75, 3.05) is 20.3 Å². The summed E-state index contributed by atoms with van der Waals surface area (Å²) in [7, 11) is -2.08. The van der Waals surface area contributed by atoms with Crippen molar-refractivity contribution in [3.63, 3.8) is 0 Å². The zero-order valence-electron chi connectivity index (χ0n) is 22.5. The molecule has 2 aliphatic heterocycles. The predicted octanol–water partition coefficient (Wildman–Crippen LogP) is 4.15. The van der Waals surface area contributed by atoms with Crippen LogP contribution >= 0.6 is 15.9 Å². The summed E-state index contributed by atoms with van der Waals surface area (Å²) >= 11 is 3.74. The van der Waals surface area contributed by atoms with Gasteiger partial charge >= 0.3 is 0 Å². The summed E-state index contributed by atoms with van der Waals surface area (Å²) in [6.07, 6.45) is 5.60. The Labute approximate surface area is 238 Å². The average molecular weight is 619 g/mol. The Morgan fingerprint density at radius 2 is 2.00 bits per heavy atom. The van der Waals surface area contributed by atoms with E-state index < -0.39 is 10.0 Å². The average Bonchev–Trinajstić information content (AvgIpc) is 3.68. The fourth-order valence-electron chi connectivity index (χ4n) is 6.72. The van der Waals surface area contributed by atoms with Crippen molar-refractivity contribution in [1.82, 2.24) is 15.2 Å². The highest BCUT2D eigenvalue weighted by Crippen LogP contribution is 2.60. The van der Waals surface area contributed by atoms with Crippen LogP contribution < -0.4 is 19.7 Å². The molecule has 1 saturated carbocycles. The molecule has 39 heavy (non-hydrogen) atoms. The van der Waals surface area contributed by atoms with Gasteiger partial charge < -0.3 is 20.0 Å². The minimum Gasteiger partial charge on any atom is -0.495 e. The normalized spacial score (nSPS) is 28.1. The van der Waals surface area contributed by atoms with Crippen molar-refractivity contribution in [3.8, 4) is 11.5 Å². The monoisotopic (exact) mass is 617 g/mol. The molecule has 2 aromatic carbocycles. The molecule has 4 atom stereocenters. The molecule has 0 amide bonds. The second-order valence-corrected chi connectivity index (χ2v) is 14.1. The van der Waals surface area contributed by atoms with Crippen molar-refractivity contribution < 1.29 is 23.0 Å². The van der Waals surface area contributed by atoms with Crippen molar-refractivity contribution in [3.05, 3.63) is 63.3 Å². The molecule has 6 rings (SSSR count). The van der Waals surface area contributed by atoms with Crippen LogP contribution in [0.15, 0.2) is 51.5 Å². The lowest BCUT2D eigenvalue weighted by Gasteiger charge is -2.44. The lowest BCUT2D eigenvalue weighted by molar-refractivity contribution is 0.0528. The predicted molar refractivity (Wildman–Crippen MR) is 152 cm³/mol. The number of nitrogens with one attached hydrogen (secondary N) is 2. The summed E-state index contributed by atoms with van der Waals surface area (Å²) in [4.78, 5) is 5.22. The minimum absolute atomic E-state index is 0.00483. The second-order valence-electron chi connectivity index (χ2n) is 11.6. The molecule has 0 bridgehead atoms. The molecule has 10 heteroatoms. The highest BCUT2D eigenvalue weighted by atomic mass is 79.9. The van der Waals surface area contributed by atoms with E-state index >= 15 is 0 Å². The van der Waals surface area contributed by atoms with E-state index in [9.17, 15) is 13.5 Å². The van der Waals surface area contributed by atoms with Crippen molar-refractivity contribution in [2.45, 2.75) is 68.5 Å². The van der Waals surface area contributed by atoms with Gasteiger partial charge in [-0.1, -0.05) is 24.6 Å². The van der Waals surface area contributed by atoms with Gasteiger partial charge in [0, 0.05) is 35.8 Å². The Balaban J connectivity index is 1.36. The molecule has 8 nitrogen and oxygen atoms in total. The molecule has 4 aliphatic rings. The number of halogens is 1. The molecule has 2 heterocycles. The quantitative estimate of drug-likeness (QED) is 0.383. The number of nitrogens with zero attached hydrogens (tertiary/aromatic N) is 1. The Kier molecular flexibility index (Phi) is 6.99. The molecule has 0 radical (unpaired) electrons. The smallest absolute Gasteiger partial charge is 0.257 e. The molecule has 1 fully saturated rings. The number of benzene rings is 2. The topological polar surface area (TPSA) is 100 Å². The second kappa shape index (κ2) is 10.1. The van der Waals surface area contributed by atoms with Gasteiger partial charge in [-0.25, -0.2) is 8.42 Å². The SMILES string of the molecule is COc1cc2c3c(c1Br)O[C@@H]1C=C(NNS(=O)(=O)c4ccc(C)cc4)C[C@@H](C)[C@]31C[C@@H](CO)N(CC1CC1)C2. The minimum atomic E-state index is -3.74. The van der Waals surface area contributed by atoms with Crippen LogP contribution in [0.25, 0.3) is 0 Å². The van der Waals surface area contributed by atoms with E-state index in [0.29, 0.717) is 12.3 Å². The number of aliphatic hydroxyl groups is 1. The maximum atomic E-state index is 12.9. The van der Waals surface area contributed by atoms with Gasteiger partial charge in [-0.3, -0.25) is 4.90 Å². The maximum Gasteiger partial charge on any atom is 0.257 e. The largest absolute Gasteiger partial charge is 0.495 e. The highest BCUT2D eigenvalue weighted by Gasteiger charge is 2.58. The number of ether oxygens (including phenoxy) is 2. The molecule has 210 valence electrons. The first-order chi connectivity index (χ1) is 18.7. The molecule has 0 unspecified atom stereocenters. The van der Waals surface area contributed by atoms with Crippen molar-refractivity contribution >= 4 is 26.0 Å². The van der Waals surface area contributed by atoms with Gasteiger partial charge in [0.15, 0.2) is 0 Å². The fraction of sp³-hybridized carbons (Fsp3) is 0.517. The lowest BCUT2D eigenvalue weighted by Crippen LogP contribution is -2.51. The van der Waals surface area contributed by atoms with Crippen LogP contribution in [0.2, 0.25) is 0 Å². The molecule has 3 N–H and O–H groups in total. The van der Waals surface area contributed by atoms with Crippen LogP contribution in [0.4, 0.5) is 0 Å². The van der Waals surface area contributed by atoms with Crippen molar-refractivity contribution in [1.29, 1.82) is 0 Å². The van der Waals surface area contributed by atoms with Crippen LogP contribution in [0.1, 0.15) is 49.3 Å². The molecular formula is C29H36BrN3O5S. The van der Waals surface area contributed by atoms with Gasteiger partial charge in [0.25, 0.3) is 10.0 Å². The summed E-state index contributed by atoms with van der Waals surface area (Å²) < 4.78 is 39.1. The summed E-state index contributed by atoms with van der Waals surface area (Å²) in [5.41, 5.74) is 6.77. The highest BCUT2D eigenvalue weighted by molar-refractivity contribution is 9.10. The molecule has 0 saturated heterocycles. The molecule has 2 aliphatic carbocycles. The molecule has 1 spiro atoms. The third kappa shape index (κ3) is 4.68. The fourth-order valence-corrected chi connectivity index (χ4v) is 8.16. The van der Waals surface area contributed by atoms with Crippen LogP contribution in [0.3, 0.4) is 0 Å². The number of aliphatic hydroxyl groups excluding tert-OH is 1. The van der Waals surface area contributed by atoms with E-state index in [1.807, 2.05) is 13.0 Å². The summed E-state index contributed by atoms with van der Waals surface area (Å²) in [5, 5.41) is 10.6. The van der Waals surface area contributed by atoms with Gasteiger partial charge in [-0.15, -0.1) is 4.83 Å². The van der Waals surface area contributed by atoms with Gasteiger partial charge in [0.2, 0.25) is 0 Å². The third-order valence-electron chi connectivity index (χ3n) is 9.01. The Bertz CT molecular complexity index is 1410.